The second kappa shape index (κ2) is 8.43. The first-order valence-corrected chi connectivity index (χ1v) is 9.87. The summed E-state index contributed by atoms with van der Waals surface area (Å²) in [6.07, 6.45) is 1.12. The number of hydrogen-bond acceptors (Lipinski definition) is 6. The summed E-state index contributed by atoms with van der Waals surface area (Å²) in [5, 5.41) is 0. The van der Waals surface area contributed by atoms with Crippen molar-refractivity contribution in [3.8, 4) is 0 Å². The van der Waals surface area contributed by atoms with Gasteiger partial charge in [-0.05, 0) is 32.9 Å². The number of benzene rings is 1. The second-order valence-corrected chi connectivity index (χ2v) is 7.21. The van der Waals surface area contributed by atoms with Crippen molar-refractivity contribution in [1.29, 1.82) is 0 Å². The van der Waals surface area contributed by atoms with E-state index in [-0.39, 0.29) is 31.7 Å². The predicted octanol–water partition coefficient (Wildman–Crippen LogP) is 3.43. The number of carbonyl (C=O) groups excluding carboxylic acids is 2. The first-order chi connectivity index (χ1) is 12.0. The van der Waals surface area contributed by atoms with E-state index in [1.54, 1.807) is 45.0 Å². The molecular formula is C17H22NO6P. The quantitative estimate of drug-likeness (QED) is 0.378. The first-order valence-electron chi connectivity index (χ1n) is 8.14. The molecular weight excluding hydrogens is 345 g/mol. The molecule has 136 valence electrons. The molecule has 8 heteroatoms. The summed E-state index contributed by atoms with van der Waals surface area (Å²) < 4.78 is 28.7. The topological polar surface area (TPSA) is 82.1 Å². The lowest BCUT2D eigenvalue weighted by atomic mass is 10.1. The fourth-order valence-corrected chi connectivity index (χ4v) is 4.09. The molecule has 0 atom stereocenters. The number of carbonyl (C=O) groups is 2. The van der Waals surface area contributed by atoms with Gasteiger partial charge < -0.3 is 13.8 Å². The Morgan fingerprint density at radius 3 is 1.96 bits per heavy atom. The number of amides is 2. The Kier molecular flexibility index (Phi) is 6.53. The van der Waals surface area contributed by atoms with E-state index in [1.807, 2.05) is 0 Å². The van der Waals surface area contributed by atoms with Gasteiger partial charge in [0.1, 0.15) is 11.9 Å². The molecule has 1 heterocycles. The second-order valence-electron chi connectivity index (χ2n) is 5.16. The van der Waals surface area contributed by atoms with Gasteiger partial charge >= 0.3 is 7.60 Å². The summed E-state index contributed by atoms with van der Waals surface area (Å²) in [6, 6.07) is 6.57. The van der Waals surface area contributed by atoms with E-state index in [9.17, 15) is 14.2 Å². The molecule has 1 aromatic rings. The molecule has 1 aliphatic heterocycles. The summed E-state index contributed by atoms with van der Waals surface area (Å²) in [5.74, 6) is -0.692. The lowest BCUT2D eigenvalue weighted by molar-refractivity contribution is 0.0710. The van der Waals surface area contributed by atoms with Crippen molar-refractivity contribution in [2.75, 3.05) is 26.0 Å². The smallest absolute Gasteiger partial charge is 0.338 e. The van der Waals surface area contributed by atoms with Crippen LogP contribution in [0.5, 0.6) is 0 Å². The third-order valence-electron chi connectivity index (χ3n) is 3.43. The highest BCUT2D eigenvalue weighted by atomic mass is 31.2. The van der Waals surface area contributed by atoms with Crippen molar-refractivity contribution >= 4 is 19.4 Å². The Hall–Kier alpha value is -1.95. The fraction of sp³-hybridized carbons (Fsp3) is 0.412. The maximum absolute atomic E-state index is 12.7. The van der Waals surface area contributed by atoms with Crippen molar-refractivity contribution in [1.82, 2.24) is 4.90 Å². The molecule has 0 aliphatic carbocycles. The van der Waals surface area contributed by atoms with Crippen molar-refractivity contribution < 1.29 is 27.9 Å². The molecule has 0 radical (unpaired) electrons. The predicted molar refractivity (Wildman–Crippen MR) is 92.4 cm³/mol. The standard InChI is InChI=1S/C17H22NO6P/c1-4-22-13(12-25(21,23-5-2)24-6-3)11-18-16(19)14-9-7-8-10-15(14)17(18)20/h7-11H,4-6,12H2,1-3H3/b13-11-. The largest absolute Gasteiger partial charge is 0.496 e. The van der Waals surface area contributed by atoms with E-state index >= 15 is 0 Å². The number of imide groups is 1. The molecule has 0 aromatic heterocycles. The van der Waals surface area contributed by atoms with Crippen LogP contribution in [0, 0.1) is 0 Å². The lowest BCUT2D eigenvalue weighted by Gasteiger charge is -2.20. The maximum Gasteiger partial charge on any atom is 0.338 e. The van der Waals surface area contributed by atoms with Gasteiger partial charge in [0.25, 0.3) is 11.8 Å². The van der Waals surface area contributed by atoms with Crippen LogP contribution in [0.2, 0.25) is 0 Å². The van der Waals surface area contributed by atoms with Crippen LogP contribution in [0.3, 0.4) is 0 Å². The van der Waals surface area contributed by atoms with Crippen molar-refractivity contribution in [3.05, 3.63) is 47.4 Å². The van der Waals surface area contributed by atoms with Gasteiger partial charge in [-0.3, -0.25) is 14.2 Å². The summed E-state index contributed by atoms with van der Waals surface area (Å²) >= 11 is 0. The average Bonchev–Trinajstić information content (AvgIpc) is 2.81. The van der Waals surface area contributed by atoms with Crippen molar-refractivity contribution in [2.24, 2.45) is 0 Å². The van der Waals surface area contributed by atoms with Crippen LogP contribution in [0.4, 0.5) is 0 Å². The number of hydrogen-bond donors (Lipinski definition) is 0. The monoisotopic (exact) mass is 367 g/mol. The lowest BCUT2D eigenvalue weighted by Crippen LogP contribution is -2.25. The van der Waals surface area contributed by atoms with Gasteiger partial charge in [-0.15, -0.1) is 0 Å². The molecule has 2 amide bonds. The number of rotatable bonds is 9. The third-order valence-corrected chi connectivity index (χ3v) is 5.43. The molecule has 2 rings (SSSR count). The zero-order chi connectivity index (χ0) is 18.4. The van der Waals surface area contributed by atoms with Crippen LogP contribution in [-0.4, -0.2) is 42.7 Å². The van der Waals surface area contributed by atoms with Gasteiger partial charge in [0.15, 0.2) is 0 Å². The average molecular weight is 367 g/mol. The van der Waals surface area contributed by atoms with E-state index < -0.39 is 19.4 Å². The van der Waals surface area contributed by atoms with Gasteiger partial charge in [0, 0.05) is 0 Å². The number of nitrogens with zero attached hydrogens (tertiary/aromatic N) is 1. The fourth-order valence-electron chi connectivity index (χ4n) is 2.49. The SMILES string of the molecule is CCO/C(=C\N1C(=O)c2ccccc2C1=O)CP(=O)(OCC)OCC. The van der Waals surface area contributed by atoms with Crippen LogP contribution in [0.15, 0.2) is 36.2 Å². The molecule has 0 spiro atoms. The zero-order valence-electron chi connectivity index (χ0n) is 14.6. The van der Waals surface area contributed by atoms with E-state index in [0.717, 1.165) is 4.90 Å². The van der Waals surface area contributed by atoms with Gasteiger partial charge in [0.2, 0.25) is 0 Å². The molecule has 0 fully saturated rings. The van der Waals surface area contributed by atoms with E-state index in [4.69, 9.17) is 13.8 Å². The van der Waals surface area contributed by atoms with Crippen molar-refractivity contribution in [2.45, 2.75) is 20.8 Å². The summed E-state index contributed by atoms with van der Waals surface area (Å²) in [7, 11) is -3.42. The first kappa shape index (κ1) is 19.4. The number of ether oxygens (including phenoxy) is 1. The highest BCUT2D eigenvalue weighted by Crippen LogP contribution is 2.49. The van der Waals surface area contributed by atoms with Gasteiger partial charge in [-0.2, -0.15) is 0 Å². The minimum atomic E-state index is -3.42. The molecule has 0 bridgehead atoms. The van der Waals surface area contributed by atoms with Gasteiger partial charge in [-0.1, -0.05) is 12.1 Å². The summed E-state index contributed by atoms with van der Waals surface area (Å²) in [5.41, 5.74) is 0.662. The molecule has 0 N–H and O–H groups in total. The normalized spacial score (nSPS) is 14.8. The van der Waals surface area contributed by atoms with E-state index in [2.05, 4.69) is 0 Å². The van der Waals surface area contributed by atoms with E-state index in [0.29, 0.717) is 11.1 Å². The van der Waals surface area contributed by atoms with Crippen LogP contribution in [0.1, 0.15) is 41.5 Å². The molecule has 0 saturated carbocycles. The van der Waals surface area contributed by atoms with Crippen LogP contribution in [0.25, 0.3) is 0 Å². The molecule has 7 nitrogen and oxygen atoms in total. The molecule has 0 unspecified atom stereocenters. The Bertz CT molecular complexity index is 685. The maximum atomic E-state index is 12.7. The number of fused-ring (bicyclic) bond motifs is 1. The Morgan fingerprint density at radius 2 is 1.52 bits per heavy atom. The molecule has 25 heavy (non-hydrogen) atoms. The Morgan fingerprint density at radius 1 is 1.00 bits per heavy atom. The third kappa shape index (κ3) is 4.37. The molecule has 0 saturated heterocycles. The van der Waals surface area contributed by atoms with E-state index in [1.165, 1.54) is 6.20 Å². The van der Waals surface area contributed by atoms with Crippen LogP contribution < -0.4 is 0 Å². The van der Waals surface area contributed by atoms with Crippen LogP contribution >= 0.6 is 7.60 Å². The summed E-state index contributed by atoms with van der Waals surface area (Å²) in [6.45, 7) is 5.88. The van der Waals surface area contributed by atoms with Crippen LogP contribution in [-0.2, 0) is 18.3 Å². The minimum absolute atomic E-state index is 0.157. The van der Waals surface area contributed by atoms with Crippen molar-refractivity contribution in [3.63, 3.8) is 0 Å². The molecule has 1 aliphatic rings. The Balaban J connectivity index is 2.30. The summed E-state index contributed by atoms with van der Waals surface area (Å²) in [4.78, 5) is 25.8. The Labute approximate surface area is 147 Å². The number of allylic oxidation sites excluding steroid dienone is 1. The van der Waals surface area contributed by atoms with Gasteiger partial charge in [0.05, 0.1) is 37.1 Å². The zero-order valence-corrected chi connectivity index (χ0v) is 15.5. The van der Waals surface area contributed by atoms with Gasteiger partial charge in [-0.25, -0.2) is 4.90 Å². The highest BCUT2D eigenvalue weighted by Gasteiger charge is 2.35. The molecule has 1 aromatic carbocycles. The minimum Gasteiger partial charge on any atom is -0.496 e. The highest BCUT2D eigenvalue weighted by molar-refractivity contribution is 7.54.